The van der Waals surface area contributed by atoms with E-state index in [1.54, 1.807) is 18.4 Å². The Bertz CT molecular complexity index is 762. The van der Waals surface area contributed by atoms with E-state index >= 15 is 0 Å². The van der Waals surface area contributed by atoms with E-state index in [0.29, 0.717) is 19.0 Å². The van der Waals surface area contributed by atoms with Crippen LogP contribution in [0.25, 0.3) is 0 Å². The molecule has 7 nitrogen and oxygen atoms in total. The Morgan fingerprint density at radius 1 is 1.28 bits per heavy atom. The average Bonchev–Trinajstić information content (AvgIpc) is 3.03. The standard InChI is InChI=1S/C18H30ClN5O2S2.HI/c1-20-18(21-7-12-28(25,26)22-13-15-3-2-4-15)24-10-8-23(9-11-24)14-16-5-6-17(19)27-16;/h5-6,15,22H,2-4,7-14H2,1H3,(H,20,21);1H. The molecular formula is C18H31ClIN5O2S2. The van der Waals surface area contributed by atoms with E-state index in [0.717, 1.165) is 55.9 Å². The van der Waals surface area contributed by atoms with Crippen molar-refractivity contribution in [1.82, 2.24) is 19.8 Å². The first-order valence-corrected chi connectivity index (χ1v) is 12.7. The lowest BCUT2D eigenvalue weighted by molar-refractivity contribution is 0.174. The molecule has 1 aromatic heterocycles. The second-order valence-electron chi connectivity index (χ2n) is 7.41. The van der Waals surface area contributed by atoms with Crippen molar-refractivity contribution in [2.24, 2.45) is 10.9 Å². The summed E-state index contributed by atoms with van der Waals surface area (Å²) >= 11 is 7.64. The van der Waals surface area contributed by atoms with E-state index in [-0.39, 0.29) is 29.7 Å². The molecule has 0 unspecified atom stereocenters. The smallest absolute Gasteiger partial charge is 0.213 e. The highest BCUT2D eigenvalue weighted by Gasteiger charge is 2.22. The van der Waals surface area contributed by atoms with Crippen LogP contribution < -0.4 is 10.0 Å². The molecular weight excluding hydrogens is 545 g/mol. The van der Waals surface area contributed by atoms with Gasteiger partial charge in [-0.25, -0.2) is 13.1 Å². The number of hydrogen-bond donors (Lipinski definition) is 2. The summed E-state index contributed by atoms with van der Waals surface area (Å²) in [5.41, 5.74) is 0. The number of halogens is 2. The van der Waals surface area contributed by atoms with Crippen molar-refractivity contribution in [3.8, 4) is 0 Å². The number of rotatable bonds is 8. The third-order valence-electron chi connectivity index (χ3n) is 5.36. The van der Waals surface area contributed by atoms with Gasteiger partial charge in [0.15, 0.2) is 5.96 Å². The molecule has 1 aliphatic carbocycles. The Kier molecular flexibility index (Phi) is 10.4. The van der Waals surface area contributed by atoms with Crippen LogP contribution in [-0.4, -0.2) is 76.2 Å². The molecule has 0 spiro atoms. The lowest BCUT2D eigenvalue weighted by Gasteiger charge is -2.36. The van der Waals surface area contributed by atoms with Crippen LogP contribution in [-0.2, 0) is 16.6 Å². The fourth-order valence-corrected chi connectivity index (χ4v) is 5.55. The number of thiophene rings is 1. The highest BCUT2D eigenvalue weighted by molar-refractivity contribution is 14.0. The molecule has 1 saturated carbocycles. The summed E-state index contributed by atoms with van der Waals surface area (Å²) in [6.07, 6.45) is 3.50. The van der Waals surface area contributed by atoms with Crippen LogP contribution in [0.2, 0.25) is 4.34 Å². The zero-order chi connectivity index (χ0) is 20.0. The van der Waals surface area contributed by atoms with Crippen LogP contribution in [0.4, 0.5) is 0 Å². The highest BCUT2D eigenvalue weighted by atomic mass is 127. The van der Waals surface area contributed by atoms with Crippen molar-refractivity contribution in [3.63, 3.8) is 0 Å². The van der Waals surface area contributed by atoms with Crippen molar-refractivity contribution >= 4 is 62.9 Å². The molecule has 3 rings (SSSR count). The van der Waals surface area contributed by atoms with Gasteiger partial charge in [-0.2, -0.15) is 0 Å². The molecule has 166 valence electrons. The van der Waals surface area contributed by atoms with Gasteiger partial charge in [0.1, 0.15) is 0 Å². The van der Waals surface area contributed by atoms with E-state index in [1.807, 2.05) is 6.07 Å². The molecule has 29 heavy (non-hydrogen) atoms. The molecule has 0 aromatic carbocycles. The first-order chi connectivity index (χ1) is 13.4. The molecule has 1 aromatic rings. The maximum atomic E-state index is 12.1. The van der Waals surface area contributed by atoms with E-state index in [1.165, 1.54) is 11.3 Å². The predicted molar refractivity (Wildman–Crippen MR) is 132 cm³/mol. The molecule has 2 N–H and O–H groups in total. The Labute approximate surface area is 200 Å². The van der Waals surface area contributed by atoms with E-state index < -0.39 is 10.0 Å². The van der Waals surface area contributed by atoms with E-state index in [4.69, 9.17) is 11.6 Å². The molecule has 0 atom stereocenters. The van der Waals surface area contributed by atoms with Crippen LogP contribution in [0, 0.1) is 5.92 Å². The Hall–Kier alpha value is -0.140. The molecule has 11 heteroatoms. The summed E-state index contributed by atoms with van der Waals surface area (Å²) in [6.45, 7) is 5.48. The predicted octanol–water partition coefficient (Wildman–Crippen LogP) is 2.43. The molecule has 2 aliphatic rings. The number of guanidine groups is 1. The molecule has 2 fully saturated rings. The van der Waals surface area contributed by atoms with Gasteiger partial charge in [-0.15, -0.1) is 35.3 Å². The third kappa shape index (κ3) is 8.13. The van der Waals surface area contributed by atoms with Crippen molar-refractivity contribution in [3.05, 3.63) is 21.3 Å². The van der Waals surface area contributed by atoms with Crippen LogP contribution in [0.5, 0.6) is 0 Å². The van der Waals surface area contributed by atoms with Gasteiger partial charge in [-0.3, -0.25) is 9.89 Å². The third-order valence-corrected chi connectivity index (χ3v) is 7.93. The summed E-state index contributed by atoms with van der Waals surface area (Å²) in [7, 11) is -1.49. The van der Waals surface area contributed by atoms with Crippen LogP contribution in [0.15, 0.2) is 17.1 Å². The van der Waals surface area contributed by atoms with Gasteiger partial charge in [0.05, 0.1) is 10.1 Å². The highest BCUT2D eigenvalue weighted by Crippen LogP contribution is 2.25. The van der Waals surface area contributed by atoms with Crippen molar-refractivity contribution in [2.75, 3.05) is 52.1 Å². The summed E-state index contributed by atoms with van der Waals surface area (Å²) in [4.78, 5) is 10.2. The first kappa shape index (κ1) is 25.1. The summed E-state index contributed by atoms with van der Waals surface area (Å²) in [6, 6.07) is 4.03. The van der Waals surface area contributed by atoms with Gasteiger partial charge >= 0.3 is 0 Å². The van der Waals surface area contributed by atoms with Crippen LogP contribution in [0.3, 0.4) is 0 Å². The fourth-order valence-electron chi connectivity index (χ4n) is 3.42. The fraction of sp³-hybridized carbons (Fsp3) is 0.722. The summed E-state index contributed by atoms with van der Waals surface area (Å²) in [5.74, 6) is 1.36. The quantitative estimate of drug-likeness (QED) is 0.283. The minimum absolute atomic E-state index is 0. The van der Waals surface area contributed by atoms with Crippen LogP contribution in [0.1, 0.15) is 24.1 Å². The lowest BCUT2D eigenvalue weighted by atomic mass is 9.86. The van der Waals surface area contributed by atoms with Crippen molar-refractivity contribution < 1.29 is 8.42 Å². The van der Waals surface area contributed by atoms with E-state index in [2.05, 4.69) is 30.9 Å². The maximum Gasteiger partial charge on any atom is 0.213 e. The number of nitrogens with one attached hydrogen (secondary N) is 2. The number of piperazine rings is 1. The van der Waals surface area contributed by atoms with Gasteiger partial charge in [0.2, 0.25) is 10.0 Å². The van der Waals surface area contributed by atoms with Crippen molar-refractivity contribution in [2.45, 2.75) is 25.8 Å². The molecule has 0 bridgehead atoms. The minimum Gasteiger partial charge on any atom is -0.355 e. The zero-order valence-electron chi connectivity index (χ0n) is 16.8. The lowest BCUT2D eigenvalue weighted by Crippen LogP contribution is -2.52. The van der Waals surface area contributed by atoms with Gasteiger partial charge in [0, 0.05) is 57.7 Å². The first-order valence-electron chi connectivity index (χ1n) is 9.85. The van der Waals surface area contributed by atoms with Gasteiger partial charge in [0.25, 0.3) is 0 Å². The number of sulfonamides is 1. The normalized spacial score (nSPS) is 19.0. The molecule has 1 saturated heterocycles. The van der Waals surface area contributed by atoms with Gasteiger partial charge in [-0.05, 0) is 30.9 Å². The summed E-state index contributed by atoms with van der Waals surface area (Å²) < 4.78 is 27.8. The Balaban J connectivity index is 0.00000300. The topological polar surface area (TPSA) is 77.0 Å². The second kappa shape index (κ2) is 12.0. The molecule has 2 heterocycles. The average molecular weight is 576 g/mol. The molecule has 0 radical (unpaired) electrons. The Morgan fingerprint density at radius 2 is 2.00 bits per heavy atom. The molecule has 0 amide bonds. The second-order valence-corrected chi connectivity index (χ2v) is 11.1. The van der Waals surface area contributed by atoms with Gasteiger partial charge in [-0.1, -0.05) is 18.0 Å². The molecule has 1 aliphatic heterocycles. The monoisotopic (exact) mass is 575 g/mol. The number of hydrogen-bond acceptors (Lipinski definition) is 5. The van der Waals surface area contributed by atoms with Crippen LogP contribution >= 0.6 is 46.9 Å². The largest absolute Gasteiger partial charge is 0.355 e. The Morgan fingerprint density at radius 3 is 2.55 bits per heavy atom. The maximum absolute atomic E-state index is 12.1. The van der Waals surface area contributed by atoms with Crippen molar-refractivity contribution in [1.29, 1.82) is 0 Å². The SMILES string of the molecule is CN=C(NCCS(=O)(=O)NCC1CCC1)N1CCN(Cc2ccc(Cl)s2)CC1.I. The number of aliphatic imine (C=N–C) groups is 1. The number of nitrogens with zero attached hydrogens (tertiary/aromatic N) is 3. The van der Waals surface area contributed by atoms with E-state index in [9.17, 15) is 8.42 Å². The minimum atomic E-state index is -3.23. The summed E-state index contributed by atoms with van der Waals surface area (Å²) in [5, 5.41) is 3.20. The zero-order valence-corrected chi connectivity index (χ0v) is 21.5. The van der Waals surface area contributed by atoms with Gasteiger partial charge < -0.3 is 10.2 Å².